The van der Waals surface area contributed by atoms with E-state index in [9.17, 15) is 8.42 Å². The van der Waals surface area contributed by atoms with E-state index in [1.165, 1.54) is 5.56 Å². The van der Waals surface area contributed by atoms with Crippen LogP contribution in [-0.4, -0.2) is 26.0 Å². The smallest absolute Gasteiger partial charge is 0.150 e. The molecule has 0 aromatic heterocycles. The quantitative estimate of drug-likeness (QED) is 0.869. The second-order valence-electron chi connectivity index (χ2n) is 5.64. The Balaban J connectivity index is 1.66. The molecule has 3 nitrogen and oxygen atoms in total. The van der Waals surface area contributed by atoms with Crippen LogP contribution in [0.15, 0.2) is 30.3 Å². The van der Waals surface area contributed by atoms with Gasteiger partial charge in [-0.25, -0.2) is 8.42 Å². The van der Waals surface area contributed by atoms with Crippen molar-refractivity contribution in [3.8, 4) is 0 Å². The molecule has 0 amide bonds. The molecular formula is C15H23NO2S. The number of hydrogen-bond donors (Lipinski definition) is 1. The molecule has 1 heterocycles. The van der Waals surface area contributed by atoms with Crippen molar-refractivity contribution in [2.45, 2.75) is 38.1 Å². The van der Waals surface area contributed by atoms with Crippen molar-refractivity contribution in [3.63, 3.8) is 0 Å². The van der Waals surface area contributed by atoms with Crippen LogP contribution in [-0.2, 0) is 16.3 Å². The number of hydrogen-bond acceptors (Lipinski definition) is 3. The summed E-state index contributed by atoms with van der Waals surface area (Å²) in [5, 5.41) is 0. The van der Waals surface area contributed by atoms with Crippen molar-refractivity contribution >= 4 is 9.84 Å². The molecule has 19 heavy (non-hydrogen) atoms. The minimum Gasteiger partial charge on any atom is -0.328 e. The van der Waals surface area contributed by atoms with E-state index in [1.54, 1.807) is 0 Å². The number of nitrogens with two attached hydrogens (primary N) is 1. The molecule has 2 rings (SSSR count). The van der Waals surface area contributed by atoms with Gasteiger partial charge in [0.15, 0.2) is 9.84 Å². The highest BCUT2D eigenvalue weighted by Crippen LogP contribution is 2.23. The van der Waals surface area contributed by atoms with Gasteiger partial charge in [-0.15, -0.1) is 0 Å². The Bertz CT molecular complexity index is 484. The first-order valence-electron chi connectivity index (χ1n) is 7.05. The Labute approximate surface area is 116 Å². The summed E-state index contributed by atoms with van der Waals surface area (Å²) in [6.45, 7) is 0. The predicted octanol–water partition coefficient (Wildman–Crippen LogP) is 2.16. The van der Waals surface area contributed by atoms with Gasteiger partial charge >= 0.3 is 0 Å². The number of benzene rings is 1. The molecule has 2 unspecified atom stereocenters. The van der Waals surface area contributed by atoms with Gasteiger partial charge in [0.2, 0.25) is 0 Å². The monoisotopic (exact) mass is 281 g/mol. The average Bonchev–Trinajstić information content (AvgIpc) is 2.70. The van der Waals surface area contributed by atoms with Crippen LogP contribution >= 0.6 is 0 Å². The number of aryl methyl sites for hydroxylation is 1. The average molecular weight is 281 g/mol. The predicted molar refractivity (Wildman–Crippen MR) is 78.7 cm³/mol. The van der Waals surface area contributed by atoms with Gasteiger partial charge in [0.25, 0.3) is 0 Å². The first-order valence-corrected chi connectivity index (χ1v) is 8.87. The van der Waals surface area contributed by atoms with Crippen LogP contribution < -0.4 is 5.73 Å². The van der Waals surface area contributed by atoms with Crippen molar-refractivity contribution in [2.24, 2.45) is 11.7 Å². The minimum absolute atomic E-state index is 0.141. The third kappa shape index (κ3) is 4.96. The van der Waals surface area contributed by atoms with Crippen LogP contribution in [0.4, 0.5) is 0 Å². The summed E-state index contributed by atoms with van der Waals surface area (Å²) in [5.41, 5.74) is 7.46. The summed E-state index contributed by atoms with van der Waals surface area (Å²) in [7, 11) is -2.76. The molecular weight excluding hydrogens is 258 g/mol. The van der Waals surface area contributed by atoms with Crippen molar-refractivity contribution in [1.82, 2.24) is 0 Å². The Morgan fingerprint density at radius 2 is 2.00 bits per heavy atom. The third-order valence-electron chi connectivity index (χ3n) is 3.85. The van der Waals surface area contributed by atoms with Gasteiger partial charge in [-0.1, -0.05) is 30.3 Å². The van der Waals surface area contributed by atoms with E-state index in [0.717, 1.165) is 32.1 Å². The molecule has 0 spiro atoms. The molecule has 0 radical (unpaired) electrons. The van der Waals surface area contributed by atoms with Gasteiger partial charge in [-0.05, 0) is 43.6 Å². The highest BCUT2D eigenvalue weighted by Gasteiger charge is 2.28. The largest absolute Gasteiger partial charge is 0.328 e. The maximum Gasteiger partial charge on any atom is 0.150 e. The Morgan fingerprint density at radius 1 is 1.26 bits per heavy atom. The van der Waals surface area contributed by atoms with Gasteiger partial charge in [-0.2, -0.15) is 0 Å². The Hall–Kier alpha value is -0.870. The zero-order valence-electron chi connectivity index (χ0n) is 11.3. The first-order chi connectivity index (χ1) is 9.05. The molecule has 2 N–H and O–H groups in total. The number of sulfone groups is 1. The van der Waals surface area contributed by atoms with Crippen LogP contribution in [0.3, 0.4) is 0 Å². The lowest BCUT2D eigenvalue weighted by molar-refractivity contribution is 0.444. The molecule has 1 aliphatic heterocycles. The summed E-state index contributed by atoms with van der Waals surface area (Å²) in [6, 6.07) is 10.5. The van der Waals surface area contributed by atoms with Gasteiger partial charge in [0.05, 0.1) is 11.5 Å². The van der Waals surface area contributed by atoms with Crippen LogP contribution in [0.2, 0.25) is 0 Å². The molecule has 1 saturated heterocycles. The molecule has 0 aliphatic carbocycles. The standard InChI is InChI=1S/C15H23NO2S/c16-15(11-14-9-10-19(17,18)12-14)8-4-7-13-5-2-1-3-6-13/h1-3,5-6,14-15H,4,7-12,16H2. The van der Waals surface area contributed by atoms with Crippen LogP contribution in [0.1, 0.15) is 31.2 Å². The molecule has 2 atom stereocenters. The molecule has 106 valence electrons. The lowest BCUT2D eigenvalue weighted by atomic mass is 9.95. The molecule has 1 fully saturated rings. The van der Waals surface area contributed by atoms with Crippen molar-refractivity contribution in [1.29, 1.82) is 0 Å². The summed E-state index contributed by atoms with van der Waals surface area (Å²) < 4.78 is 22.8. The van der Waals surface area contributed by atoms with Gasteiger partial charge in [0.1, 0.15) is 0 Å². The zero-order chi connectivity index (χ0) is 13.7. The van der Waals surface area contributed by atoms with Crippen LogP contribution in [0, 0.1) is 5.92 Å². The fraction of sp³-hybridized carbons (Fsp3) is 0.600. The zero-order valence-corrected chi connectivity index (χ0v) is 12.1. The normalized spacial score (nSPS) is 23.3. The van der Waals surface area contributed by atoms with E-state index < -0.39 is 9.84 Å². The summed E-state index contributed by atoms with van der Waals surface area (Å²) in [6.07, 6.45) is 4.76. The van der Waals surface area contributed by atoms with Crippen LogP contribution in [0.5, 0.6) is 0 Å². The van der Waals surface area contributed by atoms with E-state index in [0.29, 0.717) is 11.5 Å². The van der Waals surface area contributed by atoms with Gasteiger partial charge < -0.3 is 5.73 Å². The molecule has 0 bridgehead atoms. The third-order valence-corrected chi connectivity index (χ3v) is 5.68. The summed E-state index contributed by atoms with van der Waals surface area (Å²) in [5.74, 6) is 0.991. The second kappa shape index (κ2) is 6.53. The lowest BCUT2D eigenvalue weighted by Crippen LogP contribution is -2.24. The maximum atomic E-state index is 11.4. The fourth-order valence-corrected chi connectivity index (χ4v) is 4.70. The summed E-state index contributed by atoms with van der Waals surface area (Å²) >= 11 is 0. The summed E-state index contributed by atoms with van der Waals surface area (Å²) in [4.78, 5) is 0. The molecule has 1 aliphatic rings. The van der Waals surface area contributed by atoms with Gasteiger partial charge in [-0.3, -0.25) is 0 Å². The van der Waals surface area contributed by atoms with Gasteiger partial charge in [0, 0.05) is 6.04 Å². The Morgan fingerprint density at radius 3 is 2.63 bits per heavy atom. The minimum atomic E-state index is -2.76. The van der Waals surface area contributed by atoms with Crippen molar-refractivity contribution in [2.75, 3.05) is 11.5 Å². The van der Waals surface area contributed by atoms with E-state index in [2.05, 4.69) is 24.3 Å². The maximum absolute atomic E-state index is 11.4. The SMILES string of the molecule is NC(CCCc1ccccc1)CC1CCS(=O)(=O)C1. The highest BCUT2D eigenvalue weighted by molar-refractivity contribution is 7.91. The molecule has 1 aromatic carbocycles. The van der Waals surface area contributed by atoms with E-state index in [-0.39, 0.29) is 12.0 Å². The fourth-order valence-electron chi connectivity index (χ4n) is 2.82. The van der Waals surface area contributed by atoms with Crippen LogP contribution in [0.25, 0.3) is 0 Å². The molecule has 1 aromatic rings. The number of rotatable bonds is 6. The van der Waals surface area contributed by atoms with E-state index in [1.807, 2.05) is 6.07 Å². The molecule has 0 saturated carbocycles. The van der Waals surface area contributed by atoms with Crippen molar-refractivity contribution in [3.05, 3.63) is 35.9 Å². The van der Waals surface area contributed by atoms with E-state index in [4.69, 9.17) is 5.73 Å². The Kier molecular flexibility index (Phi) is 4.99. The van der Waals surface area contributed by atoms with Crippen molar-refractivity contribution < 1.29 is 8.42 Å². The lowest BCUT2D eigenvalue weighted by Gasteiger charge is -2.15. The van der Waals surface area contributed by atoms with E-state index >= 15 is 0 Å². The first kappa shape index (κ1) is 14.5. The highest BCUT2D eigenvalue weighted by atomic mass is 32.2. The second-order valence-corrected chi connectivity index (χ2v) is 7.87. The topological polar surface area (TPSA) is 60.2 Å². The molecule has 4 heteroatoms.